The largest absolute Gasteiger partial charge is 0.350 e. The molecule has 0 saturated heterocycles. The number of carbonyl (C=O) groups excluding carboxylic acids is 1. The minimum Gasteiger partial charge on any atom is -0.350 e. The molecular formula is C17H17N5O2. The van der Waals surface area contributed by atoms with Crippen LogP contribution in [0.1, 0.15) is 23.0 Å². The van der Waals surface area contributed by atoms with Gasteiger partial charge in [0.15, 0.2) is 0 Å². The predicted octanol–water partition coefficient (Wildman–Crippen LogP) is 1.18. The van der Waals surface area contributed by atoms with Crippen molar-refractivity contribution in [1.29, 1.82) is 0 Å². The van der Waals surface area contributed by atoms with Crippen LogP contribution in [0.2, 0.25) is 0 Å². The van der Waals surface area contributed by atoms with Crippen LogP contribution in [0.5, 0.6) is 0 Å². The number of nitrogens with one attached hydrogen (secondary N) is 1. The number of aromatic nitrogens is 4. The Morgan fingerprint density at radius 1 is 1.12 bits per heavy atom. The Bertz CT molecular complexity index is 935. The summed E-state index contributed by atoms with van der Waals surface area (Å²) in [6.07, 6.45) is 5.43. The van der Waals surface area contributed by atoms with Crippen molar-refractivity contribution in [2.75, 3.05) is 6.54 Å². The Kier molecular flexibility index (Phi) is 4.60. The Morgan fingerprint density at radius 3 is 2.67 bits per heavy atom. The lowest BCUT2D eigenvalue weighted by atomic mass is 10.2. The van der Waals surface area contributed by atoms with Gasteiger partial charge < -0.3 is 5.32 Å². The minimum atomic E-state index is -0.214. The standard InChI is InChI=1S/C17H17N5O2/c1-2-13-10-16(23)22(11-21-13)8-7-20-17(24)12-3-4-14-15(9-12)19-6-5-18-14/h3-6,9-11H,2,7-8H2,1H3,(H,20,24). The second-order valence-electron chi connectivity index (χ2n) is 5.28. The second-order valence-corrected chi connectivity index (χ2v) is 5.28. The van der Waals surface area contributed by atoms with Crippen molar-refractivity contribution in [3.8, 4) is 0 Å². The normalized spacial score (nSPS) is 10.7. The van der Waals surface area contributed by atoms with E-state index in [9.17, 15) is 9.59 Å². The predicted molar refractivity (Wildman–Crippen MR) is 89.7 cm³/mol. The van der Waals surface area contributed by atoms with Gasteiger partial charge in [-0.15, -0.1) is 0 Å². The van der Waals surface area contributed by atoms with E-state index in [0.29, 0.717) is 24.2 Å². The maximum absolute atomic E-state index is 12.2. The van der Waals surface area contributed by atoms with Gasteiger partial charge in [-0.3, -0.25) is 24.1 Å². The Balaban J connectivity index is 1.63. The Labute approximate surface area is 138 Å². The first kappa shape index (κ1) is 15.8. The number of hydrogen-bond acceptors (Lipinski definition) is 5. The first-order valence-electron chi connectivity index (χ1n) is 7.71. The van der Waals surface area contributed by atoms with Crippen molar-refractivity contribution >= 4 is 16.9 Å². The summed E-state index contributed by atoms with van der Waals surface area (Å²) in [7, 11) is 0. The summed E-state index contributed by atoms with van der Waals surface area (Å²) in [6, 6.07) is 6.68. The van der Waals surface area contributed by atoms with Gasteiger partial charge in [-0.2, -0.15) is 0 Å². The molecular weight excluding hydrogens is 306 g/mol. The third-order valence-corrected chi connectivity index (χ3v) is 3.67. The molecule has 1 amide bonds. The number of amides is 1. The number of fused-ring (bicyclic) bond motifs is 1. The van der Waals surface area contributed by atoms with E-state index < -0.39 is 0 Å². The van der Waals surface area contributed by atoms with Gasteiger partial charge in [0, 0.05) is 42.8 Å². The topological polar surface area (TPSA) is 89.8 Å². The molecule has 1 N–H and O–H groups in total. The lowest BCUT2D eigenvalue weighted by molar-refractivity contribution is 0.0952. The molecule has 24 heavy (non-hydrogen) atoms. The van der Waals surface area contributed by atoms with E-state index in [4.69, 9.17) is 0 Å². The van der Waals surface area contributed by atoms with Crippen molar-refractivity contribution in [1.82, 2.24) is 24.8 Å². The fourth-order valence-electron chi connectivity index (χ4n) is 2.32. The van der Waals surface area contributed by atoms with Gasteiger partial charge in [-0.25, -0.2) is 4.98 Å². The molecule has 7 heteroatoms. The molecule has 0 fully saturated rings. The molecule has 0 aliphatic heterocycles. The molecule has 3 aromatic rings. The summed E-state index contributed by atoms with van der Waals surface area (Å²) < 4.78 is 1.48. The van der Waals surface area contributed by atoms with Crippen LogP contribution < -0.4 is 10.9 Å². The molecule has 0 aliphatic rings. The molecule has 0 saturated carbocycles. The average Bonchev–Trinajstić information content (AvgIpc) is 2.62. The van der Waals surface area contributed by atoms with Gasteiger partial charge in [0.25, 0.3) is 11.5 Å². The first-order valence-corrected chi connectivity index (χ1v) is 7.71. The highest BCUT2D eigenvalue weighted by atomic mass is 16.1. The highest BCUT2D eigenvalue weighted by Gasteiger charge is 2.07. The molecule has 0 radical (unpaired) electrons. The smallest absolute Gasteiger partial charge is 0.253 e. The summed E-state index contributed by atoms with van der Waals surface area (Å²) in [5.41, 5.74) is 2.56. The Morgan fingerprint density at radius 2 is 1.92 bits per heavy atom. The molecule has 122 valence electrons. The molecule has 0 spiro atoms. The molecule has 1 aromatic carbocycles. The minimum absolute atomic E-state index is 0.114. The van der Waals surface area contributed by atoms with E-state index in [2.05, 4.69) is 20.3 Å². The summed E-state index contributed by atoms with van der Waals surface area (Å²) >= 11 is 0. The van der Waals surface area contributed by atoms with E-state index in [1.54, 1.807) is 30.6 Å². The Hall–Kier alpha value is -3.09. The van der Waals surface area contributed by atoms with Crippen molar-refractivity contribution in [3.05, 3.63) is 64.6 Å². The average molecular weight is 323 g/mol. The molecule has 0 unspecified atom stereocenters. The van der Waals surface area contributed by atoms with Gasteiger partial charge in [-0.1, -0.05) is 6.92 Å². The van der Waals surface area contributed by atoms with E-state index in [1.807, 2.05) is 6.92 Å². The zero-order valence-corrected chi connectivity index (χ0v) is 13.3. The highest BCUT2D eigenvalue weighted by molar-refractivity contribution is 5.97. The first-order chi connectivity index (χ1) is 11.7. The summed E-state index contributed by atoms with van der Waals surface area (Å²) in [4.78, 5) is 36.6. The number of carbonyl (C=O) groups is 1. The van der Waals surface area contributed by atoms with Crippen LogP contribution in [-0.4, -0.2) is 32.0 Å². The lowest BCUT2D eigenvalue weighted by Crippen LogP contribution is -2.31. The summed E-state index contributed by atoms with van der Waals surface area (Å²) in [5.74, 6) is -0.214. The second kappa shape index (κ2) is 6.99. The molecule has 0 bridgehead atoms. The van der Waals surface area contributed by atoms with E-state index in [0.717, 1.165) is 17.6 Å². The van der Waals surface area contributed by atoms with E-state index in [1.165, 1.54) is 17.0 Å². The van der Waals surface area contributed by atoms with E-state index in [-0.39, 0.29) is 11.5 Å². The fourth-order valence-corrected chi connectivity index (χ4v) is 2.32. The monoisotopic (exact) mass is 323 g/mol. The van der Waals surface area contributed by atoms with Crippen LogP contribution in [0.3, 0.4) is 0 Å². The fraction of sp³-hybridized carbons (Fsp3) is 0.235. The van der Waals surface area contributed by atoms with Gasteiger partial charge in [-0.05, 0) is 24.6 Å². The summed E-state index contributed by atoms with van der Waals surface area (Å²) in [5, 5.41) is 2.79. The quantitative estimate of drug-likeness (QED) is 0.761. The highest BCUT2D eigenvalue weighted by Crippen LogP contribution is 2.10. The van der Waals surface area contributed by atoms with Gasteiger partial charge in [0.1, 0.15) is 0 Å². The lowest BCUT2D eigenvalue weighted by Gasteiger charge is -2.08. The maximum atomic E-state index is 12.2. The number of hydrogen-bond donors (Lipinski definition) is 1. The third-order valence-electron chi connectivity index (χ3n) is 3.67. The molecule has 0 atom stereocenters. The molecule has 0 aliphatic carbocycles. The SMILES string of the molecule is CCc1cc(=O)n(CCNC(=O)c2ccc3nccnc3c2)cn1. The maximum Gasteiger partial charge on any atom is 0.253 e. The zero-order chi connectivity index (χ0) is 16.9. The van der Waals surface area contributed by atoms with Crippen LogP contribution in [0.25, 0.3) is 11.0 Å². The zero-order valence-electron chi connectivity index (χ0n) is 13.3. The third kappa shape index (κ3) is 3.45. The van der Waals surface area contributed by atoms with Crippen LogP contribution >= 0.6 is 0 Å². The molecule has 2 heterocycles. The van der Waals surface area contributed by atoms with Crippen LogP contribution in [0, 0.1) is 0 Å². The number of nitrogens with zero attached hydrogens (tertiary/aromatic N) is 4. The summed E-state index contributed by atoms with van der Waals surface area (Å²) in [6.45, 7) is 2.65. The van der Waals surface area contributed by atoms with Crippen LogP contribution in [0.4, 0.5) is 0 Å². The van der Waals surface area contributed by atoms with Gasteiger partial charge in [0.2, 0.25) is 0 Å². The number of rotatable bonds is 5. The van der Waals surface area contributed by atoms with Gasteiger partial charge >= 0.3 is 0 Å². The van der Waals surface area contributed by atoms with Crippen molar-refractivity contribution in [2.45, 2.75) is 19.9 Å². The van der Waals surface area contributed by atoms with Crippen LogP contribution in [-0.2, 0) is 13.0 Å². The van der Waals surface area contributed by atoms with Crippen LogP contribution in [0.15, 0.2) is 47.8 Å². The number of benzene rings is 1. The van der Waals surface area contributed by atoms with Gasteiger partial charge in [0.05, 0.1) is 17.4 Å². The molecule has 2 aromatic heterocycles. The molecule has 3 rings (SSSR count). The van der Waals surface area contributed by atoms with Crippen molar-refractivity contribution in [3.63, 3.8) is 0 Å². The number of aryl methyl sites for hydroxylation is 1. The van der Waals surface area contributed by atoms with E-state index >= 15 is 0 Å². The molecule has 7 nitrogen and oxygen atoms in total. The van der Waals surface area contributed by atoms with Crippen molar-refractivity contribution in [2.24, 2.45) is 0 Å². The van der Waals surface area contributed by atoms with Crippen molar-refractivity contribution < 1.29 is 4.79 Å².